The number of allylic oxidation sites excluding steroid dienone is 1. The summed E-state index contributed by atoms with van der Waals surface area (Å²) in [5.74, 6) is 2.44. The zero-order chi connectivity index (χ0) is 26.5. The Kier molecular flexibility index (Phi) is 7.89. The molecular formula is C28H25FN2O5S. The van der Waals surface area contributed by atoms with Gasteiger partial charge < -0.3 is 14.2 Å². The van der Waals surface area contributed by atoms with Crippen molar-refractivity contribution in [1.29, 1.82) is 0 Å². The third kappa shape index (κ3) is 5.34. The molecule has 1 atom stereocenters. The largest absolute Gasteiger partial charge is 0.490 e. The van der Waals surface area contributed by atoms with Crippen LogP contribution in [0.3, 0.4) is 0 Å². The molecule has 0 saturated heterocycles. The van der Waals surface area contributed by atoms with Crippen LogP contribution in [-0.2, 0) is 9.53 Å². The summed E-state index contributed by atoms with van der Waals surface area (Å²) in [6.07, 6.45) is 7.02. The van der Waals surface area contributed by atoms with Gasteiger partial charge in [-0.1, -0.05) is 35.5 Å². The van der Waals surface area contributed by atoms with Gasteiger partial charge in [0.15, 0.2) is 16.3 Å². The Morgan fingerprint density at radius 1 is 1.16 bits per heavy atom. The van der Waals surface area contributed by atoms with Crippen LogP contribution in [0.4, 0.5) is 4.39 Å². The Morgan fingerprint density at radius 3 is 2.59 bits per heavy atom. The lowest BCUT2D eigenvalue weighted by Crippen LogP contribution is -2.39. The van der Waals surface area contributed by atoms with Crippen LogP contribution in [0.1, 0.15) is 37.9 Å². The highest BCUT2D eigenvalue weighted by atomic mass is 32.1. The predicted octanol–water partition coefficient (Wildman–Crippen LogP) is 3.35. The first-order chi connectivity index (χ1) is 17.9. The molecule has 2 heterocycles. The lowest BCUT2D eigenvalue weighted by Gasteiger charge is -2.24. The summed E-state index contributed by atoms with van der Waals surface area (Å²) in [5, 5.41) is 0. The predicted molar refractivity (Wildman–Crippen MR) is 139 cm³/mol. The first-order valence-corrected chi connectivity index (χ1v) is 12.5. The van der Waals surface area contributed by atoms with E-state index in [0.29, 0.717) is 44.3 Å². The van der Waals surface area contributed by atoms with Crippen molar-refractivity contribution in [3.05, 3.63) is 90.4 Å². The van der Waals surface area contributed by atoms with Crippen LogP contribution in [0.5, 0.6) is 11.5 Å². The highest BCUT2D eigenvalue weighted by Gasteiger charge is 2.33. The van der Waals surface area contributed by atoms with E-state index < -0.39 is 17.8 Å². The molecule has 1 aliphatic heterocycles. The normalized spacial score (nSPS) is 15.0. The number of rotatable bonds is 8. The van der Waals surface area contributed by atoms with Crippen LogP contribution in [0.25, 0.3) is 6.08 Å². The Balaban J connectivity index is 1.87. The first kappa shape index (κ1) is 25.9. The molecule has 2 aromatic carbocycles. The van der Waals surface area contributed by atoms with Crippen molar-refractivity contribution in [3.63, 3.8) is 0 Å². The minimum atomic E-state index is -0.809. The highest BCUT2D eigenvalue weighted by Crippen LogP contribution is 2.31. The van der Waals surface area contributed by atoms with Gasteiger partial charge >= 0.3 is 5.97 Å². The van der Waals surface area contributed by atoms with Crippen LogP contribution in [0, 0.1) is 18.2 Å². The number of benzene rings is 2. The fourth-order valence-electron chi connectivity index (χ4n) is 4.02. The van der Waals surface area contributed by atoms with Crippen LogP contribution >= 0.6 is 11.3 Å². The van der Waals surface area contributed by atoms with E-state index in [1.807, 2.05) is 6.92 Å². The van der Waals surface area contributed by atoms with Gasteiger partial charge in [0.2, 0.25) is 0 Å². The van der Waals surface area contributed by atoms with Crippen LogP contribution in [-0.4, -0.2) is 30.4 Å². The van der Waals surface area contributed by atoms with E-state index in [4.69, 9.17) is 20.6 Å². The molecule has 0 aliphatic carbocycles. The average Bonchev–Trinajstić information content (AvgIpc) is 3.17. The summed E-state index contributed by atoms with van der Waals surface area (Å²) >= 11 is 1.20. The van der Waals surface area contributed by atoms with Crippen molar-refractivity contribution in [3.8, 4) is 23.8 Å². The lowest BCUT2D eigenvalue weighted by molar-refractivity contribution is -0.139. The van der Waals surface area contributed by atoms with Gasteiger partial charge in [-0.2, -0.15) is 0 Å². The van der Waals surface area contributed by atoms with Crippen molar-refractivity contribution in [2.75, 3.05) is 19.8 Å². The topological polar surface area (TPSA) is 79.1 Å². The molecule has 0 spiro atoms. The molecule has 0 amide bonds. The maximum absolute atomic E-state index is 13.7. The molecule has 0 radical (unpaired) electrons. The average molecular weight is 521 g/mol. The molecule has 0 fully saturated rings. The smallest absolute Gasteiger partial charge is 0.338 e. The minimum absolute atomic E-state index is 0.101. The molecule has 3 aromatic rings. The van der Waals surface area contributed by atoms with E-state index in [1.54, 1.807) is 50.3 Å². The van der Waals surface area contributed by atoms with Crippen molar-refractivity contribution in [2.24, 2.45) is 4.99 Å². The monoisotopic (exact) mass is 520 g/mol. The molecule has 0 unspecified atom stereocenters. The van der Waals surface area contributed by atoms with Crippen molar-refractivity contribution >= 4 is 23.4 Å². The molecule has 1 aromatic heterocycles. The summed E-state index contributed by atoms with van der Waals surface area (Å²) in [4.78, 5) is 31.6. The molecule has 0 N–H and O–H groups in total. The number of ether oxygens (including phenoxy) is 3. The van der Waals surface area contributed by atoms with E-state index in [9.17, 15) is 14.0 Å². The molecule has 37 heavy (non-hydrogen) atoms. The number of halogens is 1. The summed E-state index contributed by atoms with van der Waals surface area (Å²) in [6.45, 7) is 5.95. The minimum Gasteiger partial charge on any atom is -0.490 e. The molecule has 4 rings (SSSR count). The van der Waals surface area contributed by atoms with Crippen molar-refractivity contribution < 1.29 is 23.4 Å². The standard InChI is InChI=1S/C28H25FN2O5S/c1-5-14-36-21-13-8-18(15-22(21)34-6-2)16-23-26(32)31-25(19-9-11-20(29)12-10-19)24(27(33)35-7-3)17(4)30-28(31)37-23/h1,8-13,15-16,25H,6-7,14H2,2-4H3/b23-16-/t25-/m0/s1. The van der Waals surface area contributed by atoms with Gasteiger partial charge in [0.05, 0.1) is 35.1 Å². The Bertz CT molecular complexity index is 1580. The quantitative estimate of drug-likeness (QED) is 0.336. The maximum Gasteiger partial charge on any atom is 0.338 e. The molecule has 0 bridgehead atoms. The first-order valence-electron chi connectivity index (χ1n) is 11.7. The number of nitrogens with zero attached hydrogens (tertiary/aromatic N) is 2. The van der Waals surface area contributed by atoms with Gasteiger partial charge in [0.1, 0.15) is 12.4 Å². The van der Waals surface area contributed by atoms with E-state index in [1.165, 1.54) is 28.0 Å². The molecule has 190 valence electrons. The third-order valence-electron chi connectivity index (χ3n) is 5.58. The van der Waals surface area contributed by atoms with Crippen LogP contribution < -0.4 is 24.4 Å². The molecule has 9 heteroatoms. The van der Waals surface area contributed by atoms with E-state index in [2.05, 4.69) is 10.9 Å². The Morgan fingerprint density at radius 2 is 1.92 bits per heavy atom. The summed E-state index contributed by atoms with van der Waals surface area (Å²) < 4.78 is 32.1. The number of fused-ring (bicyclic) bond motifs is 1. The number of hydrogen-bond acceptors (Lipinski definition) is 7. The van der Waals surface area contributed by atoms with Crippen LogP contribution in [0.2, 0.25) is 0 Å². The van der Waals surface area contributed by atoms with Gasteiger partial charge in [-0.3, -0.25) is 9.36 Å². The molecule has 0 saturated carbocycles. The molecule has 1 aliphatic rings. The summed E-state index contributed by atoms with van der Waals surface area (Å²) in [7, 11) is 0. The van der Waals surface area contributed by atoms with Gasteiger partial charge in [0, 0.05) is 0 Å². The fourth-order valence-corrected chi connectivity index (χ4v) is 5.07. The number of hydrogen-bond donors (Lipinski definition) is 0. The number of terminal acetylenes is 1. The van der Waals surface area contributed by atoms with Crippen molar-refractivity contribution in [1.82, 2.24) is 4.57 Å². The van der Waals surface area contributed by atoms with Gasteiger partial charge in [-0.25, -0.2) is 14.2 Å². The second-order valence-corrected chi connectivity index (χ2v) is 8.99. The number of thiazole rings is 1. The number of aromatic nitrogens is 1. The van der Waals surface area contributed by atoms with Gasteiger partial charge in [-0.05, 0) is 62.2 Å². The number of carbonyl (C=O) groups is 1. The maximum atomic E-state index is 13.7. The lowest BCUT2D eigenvalue weighted by atomic mass is 9.96. The van der Waals surface area contributed by atoms with E-state index in [-0.39, 0.29) is 24.3 Å². The third-order valence-corrected chi connectivity index (χ3v) is 6.56. The highest BCUT2D eigenvalue weighted by molar-refractivity contribution is 7.07. The second-order valence-electron chi connectivity index (χ2n) is 7.99. The number of carbonyl (C=O) groups excluding carboxylic acids is 1. The molecular weight excluding hydrogens is 495 g/mol. The van der Waals surface area contributed by atoms with E-state index >= 15 is 0 Å². The van der Waals surface area contributed by atoms with Gasteiger partial charge in [-0.15, -0.1) is 6.42 Å². The van der Waals surface area contributed by atoms with Crippen molar-refractivity contribution in [2.45, 2.75) is 26.8 Å². The Hall–Kier alpha value is -4.16. The zero-order valence-corrected chi connectivity index (χ0v) is 21.4. The zero-order valence-electron chi connectivity index (χ0n) is 20.6. The summed E-state index contributed by atoms with van der Waals surface area (Å²) in [6, 6.07) is 10.2. The van der Waals surface area contributed by atoms with E-state index in [0.717, 1.165) is 0 Å². The Labute approximate surface area is 217 Å². The van der Waals surface area contributed by atoms with Crippen LogP contribution in [0.15, 0.2) is 63.5 Å². The second kappa shape index (κ2) is 11.3. The summed E-state index contributed by atoms with van der Waals surface area (Å²) in [5.41, 5.74) is 1.62. The SMILES string of the molecule is C#CCOc1ccc(/C=c2\sc3n(c2=O)[C@@H](c2ccc(F)cc2)C(C(=O)OCC)=C(C)N=3)cc1OCC. The number of esters is 1. The van der Waals surface area contributed by atoms with Gasteiger partial charge in [0.25, 0.3) is 5.56 Å². The fraction of sp³-hybridized carbons (Fsp3) is 0.250. The molecule has 7 nitrogen and oxygen atoms in total.